The Hall–Kier alpha value is -1.89. The summed E-state index contributed by atoms with van der Waals surface area (Å²) in [6.07, 6.45) is 2.16. The Balaban J connectivity index is 1.46. The van der Waals surface area contributed by atoms with Crippen LogP contribution in [-0.4, -0.2) is 47.5 Å². The molecule has 1 saturated heterocycles. The molecule has 0 aliphatic carbocycles. The summed E-state index contributed by atoms with van der Waals surface area (Å²) in [7, 11) is 2.18. The number of pyridine rings is 1. The van der Waals surface area contributed by atoms with Crippen molar-refractivity contribution in [2.45, 2.75) is 13.1 Å². The molecule has 0 atom stereocenters. The first kappa shape index (κ1) is 17.5. The molecule has 26 heavy (non-hydrogen) atoms. The van der Waals surface area contributed by atoms with E-state index in [1.807, 2.05) is 6.07 Å². The van der Waals surface area contributed by atoms with Crippen LogP contribution in [0, 0.1) is 0 Å². The predicted octanol–water partition coefficient (Wildman–Crippen LogP) is 3.14. The summed E-state index contributed by atoms with van der Waals surface area (Å²) in [4.78, 5) is 9.61. The maximum atomic E-state index is 4.79. The van der Waals surface area contributed by atoms with E-state index in [2.05, 4.69) is 85.1 Å². The first-order chi connectivity index (χ1) is 12.7. The van der Waals surface area contributed by atoms with Crippen LogP contribution in [0.3, 0.4) is 0 Å². The van der Waals surface area contributed by atoms with Crippen molar-refractivity contribution in [3.05, 3.63) is 64.4 Å². The van der Waals surface area contributed by atoms with Crippen LogP contribution in [0.5, 0.6) is 0 Å². The molecule has 0 radical (unpaired) electrons. The molecule has 136 valence electrons. The van der Waals surface area contributed by atoms with E-state index in [9.17, 15) is 0 Å². The van der Waals surface area contributed by atoms with Crippen LogP contribution in [0.2, 0.25) is 0 Å². The van der Waals surface area contributed by atoms with Crippen molar-refractivity contribution in [3.8, 4) is 0 Å². The molecule has 0 amide bonds. The van der Waals surface area contributed by atoms with Gasteiger partial charge in [-0.05, 0) is 36.9 Å². The molecule has 0 bridgehead atoms. The molecular formula is C20H24BrN5. The molecule has 0 spiro atoms. The van der Waals surface area contributed by atoms with E-state index in [4.69, 9.17) is 4.98 Å². The molecule has 5 nitrogen and oxygen atoms in total. The minimum Gasteiger partial charge on any atom is -0.355 e. The van der Waals surface area contributed by atoms with E-state index in [-0.39, 0.29) is 0 Å². The average molecular weight is 414 g/mol. The highest BCUT2D eigenvalue weighted by atomic mass is 79.9. The number of hydrogen-bond acceptors (Lipinski definition) is 4. The summed E-state index contributed by atoms with van der Waals surface area (Å²) in [5, 5.41) is 3.49. The van der Waals surface area contributed by atoms with Crippen LogP contribution in [-0.2, 0) is 13.1 Å². The van der Waals surface area contributed by atoms with Crippen molar-refractivity contribution in [2.75, 3.05) is 38.1 Å². The molecule has 1 fully saturated rings. The molecule has 0 unspecified atom stereocenters. The summed E-state index contributed by atoms with van der Waals surface area (Å²) < 4.78 is 3.34. The maximum Gasteiger partial charge on any atom is 0.138 e. The highest BCUT2D eigenvalue weighted by molar-refractivity contribution is 9.10. The van der Waals surface area contributed by atoms with Crippen LogP contribution in [0.15, 0.2) is 53.1 Å². The SMILES string of the molecule is CN1CCN(c2cccc3nc(CNCc4cccc(Br)c4)cn23)CC1. The van der Waals surface area contributed by atoms with E-state index >= 15 is 0 Å². The Kier molecular flexibility index (Phi) is 5.24. The molecule has 6 heteroatoms. The van der Waals surface area contributed by atoms with Gasteiger partial charge >= 0.3 is 0 Å². The smallest absolute Gasteiger partial charge is 0.138 e. The fourth-order valence-electron chi connectivity index (χ4n) is 3.41. The van der Waals surface area contributed by atoms with Gasteiger partial charge in [0.05, 0.1) is 5.69 Å². The molecule has 0 saturated carbocycles. The molecule has 1 aromatic carbocycles. The van der Waals surface area contributed by atoms with Crippen molar-refractivity contribution >= 4 is 27.4 Å². The number of piperazine rings is 1. The van der Waals surface area contributed by atoms with Gasteiger partial charge in [0.1, 0.15) is 11.5 Å². The second kappa shape index (κ2) is 7.78. The van der Waals surface area contributed by atoms with Gasteiger partial charge in [0.2, 0.25) is 0 Å². The van der Waals surface area contributed by atoms with Gasteiger partial charge in [-0.15, -0.1) is 0 Å². The Morgan fingerprint density at radius 1 is 1.04 bits per heavy atom. The van der Waals surface area contributed by atoms with Gasteiger partial charge < -0.3 is 15.1 Å². The fraction of sp³-hybridized carbons (Fsp3) is 0.350. The number of aromatic nitrogens is 2. The zero-order valence-electron chi connectivity index (χ0n) is 15.0. The first-order valence-corrected chi connectivity index (χ1v) is 9.84. The van der Waals surface area contributed by atoms with E-state index in [0.717, 1.165) is 55.1 Å². The lowest BCUT2D eigenvalue weighted by Gasteiger charge is -2.34. The number of fused-ring (bicyclic) bond motifs is 1. The predicted molar refractivity (Wildman–Crippen MR) is 110 cm³/mol. The zero-order chi connectivity index (χ0) is 17.9. The summed E-state index contributed by atoms with van der Waals surface area (Å²) in [5.41, 5.74) is 3.35. The molecule has 1 aliphatic heterocycles. The number of likely N-dealkylation sites (N-methyl/N-ethyl adjacent to an activating group) is 1. The number of anilines is 1. The van der Waals surface area contributed by atoms with Crippen molar-refractivity contribution in [1.29, 1.82) is 0 Å². The second-order valence-electron chi connectivity index (χ2n) is 6.87. The molecular weight excluding hydrogens is 390 g/mol. The van der Waals surface area contributed by atoms with Crippen LogP contribution >= 0.6 is 15.9 Å². The van der Waals surface area contributed by atoms with Gasteiger partial charge in [-0.2, -0.15) is 0 Å². The molecule has 1 aliphatic rings. The summed E-state index contributed by atoms with van der Waals surface area (Å²) in [5.74, 6) is 1.24. The quantitative estimate of drug-likeness (QED) is 0.696. The molecule has 2 aromatic heterocycles. The van der Waals surface area contributed by atoms with Gasteiger partial charge in [-0.25, -0.2) is 4.98 Å². The third-order valence-electron chi connectivity index (χ3n) is 4.87. The number of hydrogen-bond donors (Lipinski definition) is 1. The third kappa shape index (κ3) is 3.92. The van der Waals surface area contributed by atoms with E-state index in [1.165, 1.54) is 11.4 Å². The lowest BCUT2D eigenvalue weighted by molar-refractivity contribution is 0.312. The minimum absolute atomic E-state index is 0.760. The summed E-state index contributed by atoms with van der Waals surface area (Å²) in [6, 6.07) is 14.8. The van der Waals surface area contributed by atoms with Gasteiger partial charge in [0.25, 0.3) is 0 Å². The van der Waals surface area contributed by atoms with E-state index in [0.29, 0.717) is 0 Å². The van der Waals surface area contributed by atoms with E-state index < -0.39 is 0 Å². The van der Waals surface area contributed by atoms with Gasteiger partial charge in [-0.1, -0.05) is 34.1 Å². The number of benzene rings is 1. The highest BCUT2D eigenvalue weighted by Crippen LogP contribution is 2.19. The Labute approximate surface area is 162 Å². The standard InChI is InChI=1S/C20H24BrN5/c1-24-8-10-25(11-9-24)20-7-3-6-19-23-18(15-26(19)20)14-22-13-16-4-2-5-17(21)12-16/h2-7,12,15,22H,8-11,13-14H2,1H3. The van der Waals surface area contributed by atoms with Gasteiger partial charge in [-0.3, -0.25) is 4.40 Å². The summed E-state index contributed by atoms with van der Waals surface area (Å²) >= 11 is 3.52. The number of imidazole rings is 1. The van der Waals surface area contributed by atoms with Crippen molar-refractivity contribution in [1.82, 2.24) is 19.6 Å². The molecule has 4 rings (SSSR count). The van der Waals surface area contributed by atoms with Crippen LogP contribution in [0.1, 0.15) is 11.3 Å². The lowest BCUT2D eigenvalue weighted by Crippen LogP contribution is -2.45. The number of halogens is 1. The first-order valence-electron chi connectivity index (χ1n) is 9.05. The van der Waals surface area contributed by atoms with Crippen molar-refractivity contribution in [2.24, 2.45) is 0 Å². The van der Waals surface area contributed by atoms with Crippen LogP contribution in [0.4, 0.5) is 5.82 Å². The maximum absolute atomic E-state index is 4.79. The topological polar surface area (TPSA) is 35.8 Å². The summed E-state index contributed by atoms with van der Waals surface area (Å²) in [6.45, 7) is 5.92. The van der Waals surface area contributed by atoms with Crippen LogP contribution < -0.4 is 10.2 Å². The zero-order valence-corrected chi connectivity index (χ0v) is 16.6. The molecule has 3 aromatic rings. The largest absolute Gasteiger partial charge is 0.355 e. The Bertz CT molecular complexity index is 883. The normalized spacial score (nSPS) is 15.7. The number of nitrogens with one attached hydrogen (secondary N) is 1. The molecule has 3 heterocycles. The van der Waals surface area contributed by atoms with Gasteiger partial charge in [0.15, 0.2) is 0 Å². The minimum atomic E-state index is 0.760. The Morgan fingerprint density at radius 3 is 2.65 bits per heavy atom. The fourth-order valence-corrected chi connectivity index (χ4v) is 3.85. The van der Waals surface area contributed by atoms with Crippen LogP contribution in [0.25, 0.3) is 5.65 Å². The average Bonchev–Trinajstić information content (AvgIpc) is 3.05. The van der Waals surface area contributed by atoms with Gasteiger partial charge in [0, 0.05) is 49.9 Å². The van der Waals surface area contributed by atoms with Crippen molar-refractivity contribution < 1.29 is 0 Å². The Morgan fingerprint density at radius 2 is 1.85 bits per heavy atom. The molecule has 1 N–H and O–H groups in total. The second-order valence-corrected chi connectivity index (χ2v) is 7.78. The lowest BCUT2D eigenvalue weighted by atomic mass is 10.2. The van der Waals surface area contributed by atoms with E-state index in [1.54, 1.807) is 0 Å². The highest BCUT2D eigenvalue weighted by Gasteiger charge is 2.17. The monoisotopic (exact) mass is 413 g/mol. The van der Waals surface area contributed by atoms with Crippen molar-refractivity contribution in [3.63, 3.8) is 0 Å². The third-order valence-corrected chi connectivity index (χ3v) is 5.37. The number of rotatable bonds is 5. The number of nitrogens with zero attached hydrogens (tertiary/aromatic N) is 4.